The third kappa shape index (κ3) is 2.79. The molecule has 6 rings (SSSR count). The van der Waals surface area contributed by atoms with Crippen molar-refractivity contribution in [3.63, 3.8) is 0 Å². The van der Waals surface area contributed by atoms with E-state index in [1.807, 2.05) is 59.6 Å². The summed E-state index contributed by atoms with van der Waals surface area (Å²) in [5.74, 6) is 0. The average molecular weight is 387 g/mol. The second-order valence-electron chi connectivity index (χ2n) is 7.35. The van der Waals surface area contributed by atoms with Gasteiger partial charge in [0.25, 0.3) is 0 Å². The summed E-state index contributed by atoms with van der Waals surface area (Å²) in [5, 5.41) is 8.30. The molecular weight excluding hydrogens is 370 g/mol. The van der Waals surface area contributed by atoms with Crippen molar-refractivity contribution < 1.29 is 0 Å². The Morgan fingerprint density at radius 1 is 0.767 bits per heavy atom. The molecule has 6 aromatic rings. The van der Waals surface area contributed by atoms with Crippen molar-refractivity contribution in [1.29, 1.82) is 0 Å². The fourth-order valence-electron chi connectivity index (χ4n) is 3.95. The molecule has 0 saturated heterocycles. The van der Waals surface area contributed by atoms with Gasteiger partial charge in [-0.15, -0.1) is 0 Å². The van der Waals surface area contributed by atoms with E-state index in [9.17, 15) is 0 Å². The van der Waals surface area contributed by atoms with Gasteiger partial charge in [-0.3, -0.25) is 9.97 Å². The summed E-state index contributed by atoms with van der Waals surface area (Å²) in [5.41, 5.74) is 5.99. The zero-order chi connectivity index (χ0) is 19.9. The first-order valence-electron chi connectivity index (χ1n) is 9.86. The minimum atomic E-state index is 0.746. The number of nitrogens with zero attached hydrogens (tertiary/aromatic N) is 5. The topological polar surface area (TPSA) is 56.0 Å². The lowest BCUT2D eigenvalue weighted by atomic mass is 10.1. The maximum atomic E-state index is 4.92. The maximum absolute atomic E-state index is 4.92. The van der Waals surface area contributed by atoms with Crippen molar-refractivity contribution in [2.45, 2.75) is 6.42 Å². The Bertz CT molecular complexity index is 1530. The number of pyridine rings is 2. The predicted octanol–water partition coefficient (Wildman–Crippen LogP) is 5.08. The summed E-state index contributed by atoms with van der Waals surface area (Å²) < 4.78 is 1.94. The van der Waals surface area contributed by atoms with Crippen LogP contribution in [0.5, 0.6) is 0 Å². The molecule has 0 unspecified atom stereocenters. The van der Waals surface area contributed by atoms with Crippen LogP contribution in [0.3, 0.4) is 0 Å². The van der Waals surface area contributed by atoms with E-state index in [0.29, 0.717) is 0 Å². The lowest BCUT2D eigenvalue weighted by Gasteiger charge is -2.07. The van der Waals surface area contributed by atoms with Crippen LogP contribution in [0.2, 0.25) is 0 Å². The van der Waals surface area contributed by atoms with E-state index >= 15 is 0 Å². The smallest absolute Gasteiger partial charge is 0.153 e. The highest BCUT2D eigenvalue weighted by Crippen LogP contribution is 2.26. The molecule has 2 aromatic carbocycles. The Labute approximate surface area is 172 Å². The lowest BCUT2D eigenvalue weighted by Crippen LogP contribution is -2.01. The molecule has 0 saturated carbocycles. The highest BCUT2D eigenvalue weighted by Gasteiger charge is 2.11. The molecular formula is C25H17N5. The van der Waals surface area contributed by atoms with Gasteiger partial charge in [0.1, 0.15) is 0 Å². The molecule has 0 aliphatic rings. The fourth-order valence-corrected chi connectivity index (χ4v) is 3.95. The van der Waals surface area contributed by atoms with E-state index < -0.39 is 0 Å². The summed E-state index contributed by atoms with van der Waals surface area (Å²) in [6.45, 7) is 0. The van der Waals surface area contributed by atoms with E-state index in [0.717, 1.165) is 50.7 Å². The number of benzene rings is 2. The van der Waals surface area contributed by atoms with Crippen molar-refractivity contribution in [2.75, 3.05) is 0 Å². The second-order valence-corrected chi connectivity index (χ2v) is 7.35. The van der Waals surface area contributed by atoms with Crippen LogP contribution >= 0.6 is 0 Å². The maximum Gasteiger partial charge on any atom is 0.153 e. The third-order valence-corrected chi connectivity index (χ3v) is 5.43. The molecule has 142 valence electrons. The zero-order valence-corrected chi connectivity index (χ0v) is 16.1. The van der Waals surface area contributed by atoms with Gasteiger partial charge >= 0.3 is 0 Å². The minimum absolute atomic E-state index is 0.746. The van der Waals surface area contributed by atoms with Gasteiger partial charge in [0.2, 0.25) is 0 Å². The van der Waals surface area contributed by atoms with Crippen LogP contribution in [-0.2, 0) is 6.42 Å². The molecule has 0 amide bonds. The summed E-state index contributed by atoms with van der Waals surface area (Å²) in [6.07, 6.45) is 8.23. The first kappa shape index (κ1) is 16.8. The Hall–Kier alpha value is -4.12. The molecule has 0 fully saturated rings. The Kier molecular flexibility index (Phi) is 3.77. The van der Waals surface area contributed by atoms with Crippen LogP contribution in [0.15, 0.2) is 91.5 Å². The molecule has 0 aliphatic carbocycles. The van der Waals surface area contributed by atoms with Gasteiger partial charge in [0.15, 0.2) is 5.65 Å². The molecule has 5 nitrogen and oxygen atoms in total. The zero-order valence-electron chi connectivity index (χ0n) is 16.1. The van der Waals surface area contributed by atoms with Crippen LogP contribution in [-0.4, -0.2) is 24.6 Å². The van der Waals surface area contributed by atoms with E-state index in [1.54, 1.807) is 0 Å². The Morgan fingerprint density at radius 3 is 2.70 bits per heavy atom. The molecule has 0 bridgehead atoms. The van der Waals surface area contributed by atoms with Gasteiger partial charge in [-0.2, -0.15) is 5.10 Å². The summed E-state index contributed by atoms with van der Waals surface area (Å²) >= 11 is 0. The fraction of sp³-hybridized carbons (Fsp3) is 0.0400. The molecule has 0 aliphatic heterocycles. The van der Waals surface area contributed by atoms with Crippen LogP contribution < -0.4 is 0 Å². The molecule has 0 N–H and O–H groups in total. The monoisotopic (exact) mass is 387 g/mol. The largest absolute Gasteiger partial charge is 0.263 e. The van der Waals surface area contributed by atoms with Crippen molar-refractivity contribution in [3.8, 4) is 11.3 Å². The SMILES string of the molecule is c1cnc2ccc(Cc3cnc4ccc(-c5cncc6ccccc56)nn34)cc2c1. The molecule has 4 heterocycles. The predicted molar refractivity (Wildman–Crippen MR) is 118 cm³/mol. The number of aromatic nitrogens is 5. The van der Waals surface area contributed by atoms with Crippen molar-refractivity contribution in [1.82, 2.24) is 24.6 Å². The number of fused-ring (bicyclic) bond motifs is 3. The number of imidazole rings is 1. The highest BCUT2D eigenvalue weighted by atomic mass is 15.3. The summed E-state index contributed by atoms with van der Waals surface area (Å²) in [6, 6.07) is 22.7. The van der Waals surface area contributed by atoms with Crippen LogP contribution in [0, 0.1) is 0 Å². The van der Waals surface area contributed by atoms with Gasteiger partial charge in [0.05, 0.1) is 23.1 Å². The van der Waals surface area contributed by atoms with E-state index in [-0.39, 0.29) is 0 Å². The molecule has 30 heavy (non-hydrogen) atoms. The normalized spacial score (nSPS) is 11.5. The van der Waals surface area contributed by atoms with Crippen LogP contribution in [0.25, 0.3) is 38.6 Å². The second kappa shape index (κ2) is 6.74. The van der Waals surface area contributed by atoms with Crippen LogP contribution in [0.1, 0.15) is 11.3 Å². The first-order valence-corrected chi connectivity index (χ1v) is 9.86. The third-order valence-electron chi connectivity index (χ3n) is 5.43. The summed E-state index contributed by atoms with van der Waals surface area (Å²) in [4.78, 5) is 13.4. The quantitative estimate of drug-likeness (QED) is 0.425. The number of rotatable bonds is 3. The lowest BCUT2D eigenvalue weighted by molar-refractivity contribution is 0.876. The van der Waals surface area contributed by atoms with Gasteiger partial charge in [-0.05, 0) is 41.3 Å². The van der Waals surface area contributed by atoms with Crippen molar-refractivity contribution in [3.05, 3.63) is 103 Å². The van der Waals surface area contributed by atoms with E-state index in [2.05, 4.69) is 51.4 Å². The van der Waals surface area contributed by atoms with Gasteiger partial charge < -0.3 is 0 Å². The minimum Gasteiger partial charge on any atom is -0.263 e. The van der Waals surface area contributed by atoms with Crippen LogP contribution in [0.4, 0.5) is 0 Å². The standard InChI is InChI=1S/C25H17N5/c1-2-6-21-19(4-1)14-26-16-22(21)24-9-10-25-28-15-20(30(25)29-24)13-17-7-8-23-18(12-17)5-3-11-27-23/h1-12,14-16H,13H2. The molecule has 4 aromatic heterocycles. The Morgan fingerprint density at radius 2 is 1.70 bits per heavy atom. The van der Waals surface area contributed by atoms with Crippen molar-refractivity contribution in [2.24, 2.45) is 0 Å². The Balaban J connectivity index is 1.44. The molecule has 0 spiro atoms. The molecule has 5 heteroatoms. The van der Waals surface area contributed by atoms with Gasteiger partial charge in [0, 0.05) is 41.3 Å². The van der Waals surface area contributed by atoms with E-state index in [4.69, 9.17) is 5.10 Å². The van der Waals surface area contributed by atoms with Gasteiger partial charge in [-0.1, -0.05) is 36.4 Å². The average Bonchev–Trinajstić information content (AvgIpc) is 3.20. The summed E-state index contributed by atoms with van der Waals surface area (Å²) in [7, 11) is 0. The highest BCUT2D eigenvalue weighted by molar-refractivity contribution is 5.94. The number of hydrogen-bond acceptors (Lipinski definition) is 4. The van der Waals surface area contributed by atoms with Crippen molar-refractivity contribution >= 4 is 27.3 Å². The van der Waals surface area contributed by atoms with Gasteiger partial charge in [-0.25, -0.2) is 9.50 Å². The molecule has 0 atom stereocenters. The first-order chi connectivity index (χ1) is 14.8. The number of hydrogen-bond donors (Lipinski definition) is 0. The van der Waals surface area contributed by atoms with E-state index in [1.165, 1.54) is 5.56 Å². The molecule has 0 radical (unpaired) electrons.